The molecule has 28 heavy (non-hydrogen) atoms. The summed E-state index contributed by atoms with van der Waals surface area (Å²) in [6.07, 6.45) is 2.24. The highest BCUT2D eigenvalue weighted by atomic mass is 32.2. The number of anilines is 1. The third-order valence-electron chi connectivity index (χ3n) is 4.25. The summed E-state index contributed by atoms with van der Waals surface area (Å²) < 4.78 is 6.94. The number of carbonyl (C=O) groups is 3. The minimum Gasteiger partial charge on any atom is -0.462 e. The Kier molecular flexibility index (Phi) is 6.04. The lowest BCUT2D eigenvalue weighted by molar-refractivity contribution is -0.113. The van der Waals surface area contributed by atoms with Gasteiger partial charge < -0.3 is 20.4 Å². The Morgan fingerprint density at radius 3 is 2.68 bits per heavy atom. The maximum atomic E-state index is 12.4. The van der Waals surface area contributed by atoms with Gasteiger partial charge in [0.05, 0.1) is 22.8 Å². The van der Waals surface area contributed by atoms with Gasteiger partial charge in [-0.3, -0.25) is 9.59 Å². The van der Waals surface area contributed by atoms with E-state index in [1.165, 1.54) is 11.8 Å². The molecule has 150 valence electrons. The van der Waals surface area contributed by atoms with Gasteiger partial charge >= 0.3 is 5.97 Å². The summed E-state index contributed by atoms with van der Waals surface area (Å²) in [5.74, 6) is -0.101. The number of amides is 2. The minimum atomic E-state index is -0.658. The number of nitrogens with two attached hydrogens (primary N) is 1. The number of primary amides is 1. The van der Waals surface area contributed by atoms with Crippen LogP contribution in [0, 0.1) is 6.92 Å². The molecule has 0 aromatic carbocycles. The van der Waals surface area contributed by atoms with E-state index < -0.39 is 11.9 Å². The number of aromatic nitrogens is 3. The van der Waals surface area contributed by atoms with Crippen molar-refractivity contribution in [3.63, 3.8) is 0 Å². The molecule has 1 aliphatic carbocycles. The molecular formula is C17H21N5O4S2. The first-order chi connectivity index (χ1) is 13.3. The van der Waals surface area contributed by atoms with Gasteiger partial charge in [-0.25, -0.2) is 4.79 Å². The molecular weight excluding hydrogens is 402 g/mol. The Balaban J connectivity index is 1.71. The highest BCUT2D eigenvalue weighted by Crippen LogP contribution is 2.39. The van der Waals surface area contributed by atoms with Crippen LogP contribution in [0.2, 0.25) is 0 Å². The van der Waals surface area contributed by atoms with Gasteiger partial charge in [0.1, 0.15) is 10.8 Å². The molecule has 1 saturated carbocycles. The molecule has 0 atom stereocenters. The average Bonchev–Trinajstić information content (AvgIpc) is 3.33. The second-order valence-electron chi connectivity index (χ2n) is 6.36. The molecule has 1 fully saturated rings. The first-order valence-electron chi connectivity index (χ1n) is 8.75. The largest absolute Gasteiger partial charge is 0.462 e. The number of rotatable bonds is 8. The fraction of sp³-hybridized carbons (Fsp3) is 0.471. The van der Waals surface area contributed by atoms with Crippen molar-refractivity contribution in [2.75, 3.05) is 17.7 Å². The summed E-state index contributed by atoms with van der Waals surface area (Å²) in [4.78, 5) is 36.5. The lowest BCUT2D eigenvalue weighted by Crippen LogP contribution is -2.17. The van der Waals surface area contributed by atoms with Gasteiger partial charge in [-0.1, -0.05) is 11.8 Å². The minimum absolute atomic E-state index is 0.0851. The Bertz CT molecular complexity index is 932. The van der Waals surface area contributed by atoms with Gasteiger partial charge in [0, 0.05) is 13.0 Å². The molecule has 9 nitrogen and oxygen atoms in total. The van der Waals surface area contributed by atoms with Crippen molar-refractivity contribution in [3.05, 3.63) is 21.8 Å². The summed E-state index contributed by atoms with van der Waals surface area (Å²) >= 11 is 2.22. The van der Waals surface area contributed by atoms with E-state index in [9.17, 15) is 14.4 Å². The van der Waals surface area contributed by atoms with Crippen LogP contribution >= 0.6 is 23.1 Å². The smallest absolute Gasteiger partial charge is 0.341 e. The quantitative estimate of drug-likeness (QED) is 0.491. The van der Waals surface area contributed by atoms with Crippen LogP contribution < -0.4 is 11.1 Å². The van der Waals surface area contributed by atoms with Crippen molar-refractivity contribution in [2.24, 2.45) is 12.8 Å². The predicted molar refractivity (Wildman–Crippen MR) is 106 cm³/mol. The molecule has 2 amide bonds. The van der Waals surface area contributed by atoms with E-state index in [-0.39, 0.29) is 33.7 Å². The molecule has 0 aliphatic heterocycles. The molecule has 3 N–H and O–H groups in total. The fourth-order valence-corrected chi connectivity index (χ4v) is 4.51. The Labute approximate surface area is 170 Å². The Morgan fingerprint density at radius 2 is 2.07 bits per heavy atom. The number of thioether (sulfide) groups is 1. The van der Waals surface area contributed by atoms with Crippen LogP contribution in [-0.2, 0) is 16.6 Å². The van der Waals surface area contributed by atoms with Crippen LogP contribution in [0.4, 0.5) is 5.00 Å². The molecule has 11 heteroatoms. The van der Waals surface area contributed by atoms with Gasteiger partial charge in [0.2, 0.25) is 5.91 Å². The number of esters is 1. The summed E-state index contributed by atoms with van der Waals surface area (Å²) in [7, 11) is 1.88. The molecule has 2 heterocycles. The zero-order valence-corrected chi connectivity index (χ0v) is 17.4. The second kappa shape index (κ2) is 8.31. The molecule has 0 bridgehead atoms. The molecule has 1 aliphatic rings. The van der Waals surface area contributed by atoms with Crippen molar-refractivity contribution in [1.29, 1.82) is 0 Å². The number of carbonyl (C=O) groups excluding carboxylic acids is 3. The summed E-state index contributed by atoms with van der Waals surface area (Å²) in [6, 6.07) is 0. The summed E-state index contributed by atoms with van der Waals surface area (Å²) in [5, 5.41) is 11.9. The van der Waals surface area contributed by atoms with E-state index >= 15 is 0 Å². The van der Waals surface area contributed by atoms with Crippen LogP contribution in [0.15, 0.2) is 5.16 Å². The van der Waals surface area contributed by atoms with Crippen LogP contribution in [0.3, 0.4) is 0 Å². The molecule has 0 saturated heterocycles. The van der Waals surface area contributed by atoms with E-state index in [1.807, 2.05) is 11.6 Å². The van der Waals surface area contributed by atoms with Crippen LogP contribution in [-0.4, -0.2) is 44.9 Å². The molecule has 2 aromatic heterocycles. The zero-order valence-electron chi connectivity index (χ0n) is 15.8. The predicted octanol–water partition coefficient (Wildman–Crippen LogP) is 2.07. The lowest BCUT2D eigenvalue weighted by atomic mass is 10.1. The van der Waals surface area contributed by atoms with E-state index in [1.54, 1.807) is 13.8 Å². The maximum Gasteiger partial charge on any atom is 0.341 e. The summed E-state index contributed by atoms with van der Waals surface area (Å²) in [6.45, 7) is 3.46. The molecule has 2 aromatic rings. The topological polar surface area (TPSA) is 129 Å². The maximum absolute atomic E-state index is 12.4. The van der Waals surface area contributed by atoms with Gasteiger partial charge in [0.15, 0.2) is 5.16 Å². The van der Waals surface area contributed by atoms with Crippen molar-refractivity contribution >= 4 is 45.9 Å². The highest BCUT2D eigenvalue weighted by molar-refractivity contribution is 7.99. The van der Waals surface area contributed by atoms with Crippen LogP contribution in [0.5, 0.6) is 0 Å². The summed E-state index contributed by atoms with van der Waals surface area (Å²) in [5.41, 5.74) is 5.93. The second-order valence-corrected chi connectivity index (χ2v) is 8.32. The first kappa shape index (κ1) is 20.3. The van der Waals surface area contributed by atoms with Crippen LogP contribution in [0.25, 0.3) is 0 Å². The van der Waals surface area contributed by atoms with Crippen molar-refractivity contribution in [2.45, 2.75) is 37.8 Å². The normalized spacial score (nSPS) is 13.4. The van der Waals surface area contributed by atoms with Gasteiger partial charge in [-0.2, -0.15) is 0 Å². The van der Waals surface area contributed by atoms with Crippen LogP contribution in [0.1, 0.15) is 57.1 Å². The number of hydrogen-bond acceptors (Lipinski definition) is 8. The number of nitrogens with zero attached hydrogens (tertiary/aromatic N) is 3. The third kappa shape index (κ3) is 4.20. The number of thiophene rings is 1. The van der Waals surface area contributed by atoms with Crippen molar-refractivity contribution in [1.82, 2.24) is 14.8 Å². The molecule has 0 spiro atoms. The lowest BCUT2D eigenvalue weighted by Gasteiger charge is -2.07. The number of nitrogens with one attached hydrogen (secondary N) is 1. The zero-order chi connectivity index (χ0) is 20.4. The Morgan fingerprint density at radius 1 is 1.36 bits per heavy atom. The Hall–Kier alpha value is -2.40. The molecule has 0 radical (unpaired) electrons. The fourth-order valence-electron chi connectivity index (χ4n) is 2.73. The highest BCUT2D eigenvalue weighted by Gasteiger charge is 2.29. The average molecular weight is 424 g/mol. The van der Waals surface area contributed by atoms with E-state index in [2.05, 4.69) is 15.5 Å². The molecule has 0 unspecified atom stereocenters. The van der Waals surface area contributed by atoms with Gasteiger partial charge in [-0.05, 0) is 32.3 Å². The SMILES string of the molecule is CCOC(=O)c1c(NC(=O)CSc2nnc(C3CC3)n2C)sc(C(N)=O)c1C. The van der Waals surface area contributed by atoms with E-state index in [4.69, 9.17) is 10.5 Å². The van der Waals surface area contributed by atoms with Crippen molar-refractivity contribution < 1.29 is 19.1 Å². The number of hydrogen-bond donors (Lipinski definition) is 2. The van der Waals surface area contributed by atoms with Gasteiger partial charge in [0.25, 0.3) is 5.91 Å². The number of ether oxygens (including phenoxy) is 1. The first-order valence-corrected chi connectivity index (χ1v) is 10.6. The monoisotopic (exact) mass is 423 g/mol. The molecule has 3 rings (SSSR count). The van der Waals surface area contributed by atoms with Gasteiger partial charge in [-0.15, -0.1) is 21.5 Å². The third-order valence-corrected chi connectivity index (χ3v) is 6.49. The van der Waals surface area contributed by atoms with E-state index in [0.717, 1.165) is 30.0 Å². The van der Waals surface area contributed by atoms with E-state index in [0.29, 0.717) is 16.6 Å². The standard InChI is InChI=1S/C17H21N5O4S2/c1-4-26-16(25)11-8(2)12(13(18)24)28-15(11)19-10(23)7-27-17-21-20-14(22(17)3)9-5-6-9/h9H,4-7H2,1-3H3,(H2,18,24)(H,19,23). The van der Waals surface area contributed by atoms with Crippen molar-refractivity contribution in [3.8, 4) is 0 Å².